The highest BCUT2D eigenvalue weighted by Crippen LogP contribution is 2.15. The van der Waals surface area contributed by atoms with Crippen LogP contribution in [0.15, 0.2) is 0 Å². The molecule has 0 aliphatic rings. The van der Waals surface area contributed by atoms with Gasteiger partial charge in [-0.25, -0.2) is 9.97 Å². The Bertz CT molecular complexity index is 435. The van der Waals surface area contributed by atoms with Gasteiger partial charge in [-0.1, -0.05) is 0 Å². The van der Waals surface area contributed by atoms with Crippen LogP contribution in [-0.2, 0) is 0 Å². The number of H-pyrrole nitrogens is 1. The summed E-state index contributed by atoms with van der Waals surface area (Å²) in [5.74, 6) is 1.08. The number of aryl methyl sites for hydroxylation is 1. The smallest absolute Gasteiger partial charge is 0.223 e. The normalized spacial score (nSPS) is 10.8. The van der Waals surface area contributed by atoms with E-state index in [0.717, 1.165) is 15.0 Å². The summed E-state index contributed by atoms with van der Waals surface area (Å²) in [4.78, 5) is 15.2. The topological polar surface area (TPSA) is 80.5 Å². The van der Waals surface area contributed by atoms with Crippen LogP contribution in [0.2, 0.25) is 0 Å². The van der Waals surface area contributed by atoms with Gasteiger partial charge in [0.15, 0.2) is 5.65 Å². The number of fused-ring (bicyclic) bond motifs is 1. The zero-order valence-electron chi connectivity index (χ0n) is 6.30. The van der Waals surface area contributed by atoms with Crippen LogP contribution >= 0.6 is 22.6 Å². The van der Waals surface area contributed by atoms with Crippen molar-refractivity contribution in [3.8, 4) is 0 Å². The summed E-state index contributed by atoms with van der Waals surface area (Å²) in [7, 11) is 0. The Hall–Kier alpha value is -0.920. The molecule has 3 N–H and O–H groups in total. The van der Waals surface area contributed by atoms with Crippen molar-refractivity contribution in [2.45, 2.75) is 6.92 Å². The van der Waals surface area contributed by atoms with Gasteiger partial charge in [0.25, 0.3) is 0 Å². The average Bonchev–Trinajstić information content (AvgIpc) is 2.29. The minimum atomic E-state index is 0.262. The standard InChI is InChI=1S/C6H6IN5/c1-2-9-3-4(7)11-6(8)12-5(3)10-2/h1H3,(H3,8,9,10,11,12). The summed E-state index contributed by atoms with van der Waals surface area (Å²) in [6, 6.07) is 0. The minimum absolute atomic E-state index is 0.262. The summed E-state index contributed by atoms with van der Waals surface area (Å²) >= 11 is 2.09. The van der Waals surface area contributed by atoms with Gasteiger partial charge in [0.1, 0.15) is 15.0 Å². The highest BCUT2D eigenvalue weighted by atomic mass is 127. The molecule has 0 unspecified atom stereocenters. The summed E-state index contributed by atoms with van der Waals surface area (Å²) in [5, 5.41) is 0. The third kappa shape index (κ3) is 1.11. The largest absolute Gasteiger partial charge is 0.368 e. The van der Waals surface area contributed by atoms with E-state index >= 15 is 0 Å². The van der Waals surface area contributed by atoms with Crippen LogP contribution < -0.4 is 5.73 Å². The average molecular weight is 275 g/mol. The van der Waals surface area contributed by atoms with Crippen molar-refractivity contribution < 1.29 is 0 Å². The van der Waals surface area contributed by atoms with Crippen LogP contribution in [0.1, 0.15) is 5.82 Å². The highest BCUT2D eigenvalue weighted by molar-refractivity contribution is 14.1. The van der Waals surface area contributed by atoms with E-state index in [1.807, 2.05) is 6.92 Å². The number of nitrogens with one attached hydrogen (secondary N) is 1. The molecular weight excluding hydrogens is 269 g/mol. The second-order valence-corrected chi connectivity index (χ2v) is 3.42. The van der Waals surface area contributed by atoms with E-state index in [4.69, 9.17) is 5.73 Å². The molecule has 12 heavy (non-hydrogen) atoms. The van der Waals surface area contributed by atoms with Gasteiger partial charge in [-0.3, -0.25) is 0 Å². The van der Waals surface area contributed by atoms with Crippen molar-refractivity contribution in [3.63, 3.8) is 0 Å². The third-order valence-corrected chi connectivity index (χ3v) is 2.22. The number of halogens is 1. The Labute approximate surface area is 81.9 Å². The Balaban J connectivity index is 2.88. The number of aromatic amines is 1. The molecule has 2 aromatic rings. The van der Waals surface area contributed by atoms with E-state index in [1.54, 1.807) is 0 Å². The Morgan fingerprint density at radius 1 is 1.33 bits per heavy atom. The zero-order valence-corrected chi connectivity index (χ0v) is 8.45. The van der Waals surface area contributed by atoms with Crippen LogP contribution in [0.3, 0.4) is 0 Å². The number of imidazole rings is 1. The van der Waals surface area contributed by atoms with Crippen LogP contribution in [-0.4, -0.2) is 19.9 Å². The van der Waals surface area contributed by atoms with E-state index in [1.165, 1.54) is 0 Å². The number of rotatable bonds is 0. The third-order valence-electron chi connectivity index (χ3n) is 1.44. The molecule has 0 atom stereocenters. The molecule has 0 saturated heterocycles. The maximum atomic E-state index is 5.45. The molecule has 2 aromatic heterocycles. The van der Waals surface area contributed by atoms with Gasteiger partial charge in [0.2, 0.25) is 5.95 Å². The molecule has 0 fully saturated rings. The van der Waals surface area contributed by atoms with Gasteiger partial charge in [-0.2, -0.15) is 4.98 Å². The van der Waals surface area contributed by atoms with Gasteiger partial charge in [0.05, 0.1) is 0 Å². The summed E-state index contributed by atoms with van der Waals surface area (Å²) in [5.41, 5.74) is 6.93. The lowest BCUT2D eigenvalue weighted by molar-refractivity contribution is 1.16. The lowest BCUT2D eigenvalue weighted by Gasteiger charge is -1.92. The first-order valence-electron chi connectivity index (χ1n) is 3.32. The fourth-order valence-corrected chi connectivity index (χ4v) is 1.62. The lowest BCUT2D eigenvalue weighted by Crippen LogP contribution is -1.96. The molecule has 0 amide bonds. The molecule has 0 aliphatic carbocycles. The van der Waals surface area contributed by atoms with E-state index in [-0.39, 0.29) is 5.95 Å². The predicted octanol–water partition coefficient (Wildman–Crippen LogP) is 0.848. The summed E-state index contributed by atoms with van der Waals surface area (Å²) in [6.07, 6.45) is 0. The number of hydrogen-bond donors (Lipinski definition) is 2. The summed E-state index contributed by atoms with van der Waals surface area (Å²) < 4.78 is 0.802. The SMILES string of the molecule is Cc1nc2nc(N)nc(I)c2[nH]1. The lowest BCUT2D eigenvalue weighted by atomic mass is 10.6. The first kappa shape index (κ1) is 7.71. The van der Waals surface area contributed by atoms with E-state index in [2.05, 4.69) is 42.5 Å². The maximum Gasteiger partial charge on any atom is 0.223 e. The van der Waals surface area contributed by atoms with E-state index in [0.29, 0.717) is 5.65 Å². The fraction of sp³-hybridized carbons (Fsp3) is 0.167. The molecule has 0 bridgehead atoms. The molecule has 0 aliphatic heterocycles. The van der Waals surface area contributed by atoms with Crippen LogP contribution in [0.25, 0.3) is 11.2 Å². The van der Waals surface area contributed by atoms with Gasteiger partial charge >= 0.3 is 0 Å². The monoisotopic (exact) mass is 275 g/mol. The number of nitrogens with two attached hydrogens (primary N) is 1. The minimum Gasteiger partial charge on any atom is -0.368 e. The molecule has 5 nitrogen and oxygen atoms in total. The summed E-state index contributed by atoms with van der Waals surface area (Å²) in [6.45, 7) is 1.87. The molecule has 2 heterocycles. The van der Waals surface area contributed by atoms with Crippen molar-refractivity contribution >= 4 is 39.7 Å². The van der Waals surface area contributed by atoms with Gasteiger partial charge in [0, 0.05) is 0 Å². The number of nitrogens with zero attached hydrogens (tertiary/aromatic N) is 3. The van der Waals surface area contributed by atoms with Crippen molar-refractivity contribution in [2.24, 2.45) is 0 Å². The Kier molecular flexibility index (Phi) is 1.63. The molecule has 0 aromatic carbocycles. The zero-order chi connectivity index (χ0) is 8.72. The molecule has 6 heteroatoms. The Morgan fingerprint density at radius 3 is 2.83 bits per heavy atom. The number of nitrogen functional groups attached to an aromatic ring is 1. The Morgan fingerprint density at radius 2 is 2.08 bits per heavy atom. The molecular formula is C6H6IN5. The quantitative estimate of drug-likeness (QED) is 0.551. The first-order valence-corrected chi connectivity index (χ1v) is 4.40. The second kappa shape index (κ2) is 2.54. The first-order chi connectivity index (χ1) is 5.66. The van der Waals surface area contributed by atoms with Gasteiger partial charge in [-0.05, 0) is 29.5 Å². The number of anilines is 1. The van der Waals surface area contributed by atoms with Gasteiger partial charge in [-0.15, -0.1) is 0 Å². The molecule has 62 valence electrons. The van der Waals surface area contributed by atoms with Crippen molar-refractivity contribution in [1.82, 2.24) is 19.9 Å². The van der Waals surface area contributed by atoms with Crippen LogP contribution in [0.4, 0.5) is 5.95 Å². The van der Waals surface area contributed by atoms with Crippen LogP contribution in [0, 0.1) is 10.6 Å². The molecule has 0 saturated carbocycles. The van der Waals surface area contributed by atoms with E-state index < -0.39 is 0 Å². The predicted molar refractivity (Wildman–Crippen MR) is 53.6 cm³/mol. The number of hydrogen-bond acceptors (Lipinski definition) is 4. The second-order valence-electron chi connectivity index (χ2n) is 2.39. The maximum absolute atomic E-state index is 5.45. The van der Waals surface area contributed by atoms with Crippen molar-refractivity contribution in [1.29, 1.82) is 0 Å². The van der Waals surface area contributed by atoms with Gasteiger partial charge < -0.3 is 10.7 Å². The fourth-order valence-electron chi connectivity index (χ4n) is 0.994. The molecule has 0 spiro atoms. The highest BCUT2D eigenvalue weighted by Gasteiger charge is 2.06. The molecule has 2 rings (SSSR count). The van der Waals surface area contributed by atoms with Crippen molar-refractivity contribution in [3.05, 3.63) is 9.53 Å². The van der Waals surface area contributed by atoms with E-state index in [9.17, 15) is 0 Å². The number of aromatic nitrogens is 4. The molecule has 0 radical (unpaired) electrons. The van der Waals surface area contributed by atoms with Crippen LogP contribution in [0.5, 0.6) is 0 Å². The van der Waals surface area contributed by atoms with Crippen molar-refractivity contribution in [2.75, 3.05) is 5.73 Å².